The van der Waals surface area contributed by atoms with Gasteiger partial charge in [0.1, 0.15) is 0 Å². The normalized spacial score (nSPS) is 13.2. The van der Waals surface area contributed by atoms with Crippen LogP contribution in [0.15, 0.2) is 364 Å². The van der Waals surface area contributed by atoms with Gasteiger partial charge >= 0.3 is 698 Å². The second kappa shape index (κ2) is 46.3. The molecular weight excluding hydrogens is 2010 g/mol. The maximum absolute atomic E-state index is 4.94. The molecule has 3 fully saturated rings. The quantitative estimate of drug-likeness (QED) is 0.0739. The predicted octanol–water partition coefficient (Wildman–Crippen LogP) is 5.96. The van der Waals surface area contributed by atoms with Gasteiger partial charge in [0.05, 0.1) is 0 Å². The second-order valence-corrected chi connectivity index (χ2v) is 63.2. The molecule has 0 saturated carbocycles. The summed E-state index contributed by atoms with van der Waals surface area (Å²) < 4.78 is 14.8. The van der Waals surface area contributed by atoms with Crippen LogP contribution in [-0.4, -0.2) is 161 Å². The molecule has 3 aliphatic rings. The Balaban J connectivity index is 0.000000155. The van der Waals surface area contributed by atoms with Crippen LogP contribution in [0.4, 0.5) is 0 Å². The van der Waals surface area contributed by atoms with E-state index in [0.29, 0.717) is 0 Å². The van der Waals surface area contributed by atoms with Crippen LogP contribution < -0.4 is 163 Å². The van der Waals surface area contributed by atoms with E-state index in [-0.39, 0.29) is 68.2 Å². The fourth-order valence-electron chi connectivity index (χ4n) is 13.4. The fourth-order valence-corrected chi connectivity index (χ4v) is 47.4. The molecule has 0 aliphatic carbocycles. The van der Waals surface area contributed by atoms with Gasteiger partial charge in [0, 0.05) is 39.6 Å². The zero-order chi connectivity index (χ0) is 78.8. The molecule has 0 spiro atoms. The van der Waals surface area contributed by atoms with E-state index < -0.39 is 33.1 Å². The first-order valence-electron chi connectivity index (χ1n) is 37.6. The first-order valence-corrected chi connectivity index (χ1v) is 61.6. The van der Waals surface area contributed by atoms with Crippen molar-refractivity contribution in [3.8, 4) is 0 Å². The summed E-state index contributed by atoms with van der Waals surface area (Å²) in [5, 5.41) is 55.7. The van der Waals surface area contributed by atoms with Gasteiger partial charge in [-0.05, 0) is 38.5 Å². The Hall–Kier alpha value is -4.22. The van der Waals surface area contributed by atoms with E-state index in [1.165, 1.54) is 102 Å². The number of nitrogens with zero attached hydrogens (tertiary/aromatic N) is 9. The number of rotatable bonds is 18. The van der Waals surface area contributed by atoms with Gasteiger partial charge in [0.15, 0.2) is 0 Å². The average molecular weight is 2100 g/mol. The third-order valence-corrected chi connectivity index (χ3v) is 59.8. The Kier molecular flexibility index (Phi) is 36.9. The van der Waals surface area contributed by atoms with Gasteiger partial charge in [0.25, 0.3) is 0 Å². The summed E-state index contributed by atoms with van der Waals surface area (Å²) in [7, 11) is 0. The minimum absolute atomic E-state index is 0. The molecule has 583 valence electrons. The molecule has 1 radical (unpaired) electrons. The average Bonchev–Trinajstić information content (AvgIpc) is 1.54. The number of benzene rings is 12. The second-order valence-electron chi connectivity index (χ2n) is 26.5. The summed E-state index contributed by atoms with van der Waals surface area (Å²) in [4.78, 5) is 0. The number of ether oxygens (including phenoxy) is 3. The molecule has 26 heteroatoms. The van der Waals surface area contributed by atoms with Crippen LogP contribution in [-0.2, 0) is 31.0 Å². The van der Waals surface area contributed by atoms with E-state index in [4.69, 9.17) is 44.8 Å². The van der Waals surface area contributed by atoms with Crippen LogP contribution >= 0.6 is 33.1 Å². The number of aromatic nitrogens is 9. The summed E-state index contributed by atoms with van der Waals surface area (Å²) in [6.45, 7) is 6.00. The fraction of sp³-hybridized carbons (Fsp3) is 0.133. The monoisotopic (exact) mass is 2100 g/mol. The van der Waals surface area contributed by atoms with Crippen molar-refractivity contribution >= 4 is 220 Å². The molecule has 116 heavy (non-hydrogen) atoms. The minimum atomic E-state index is -2.21. The van der Waals surface area contributed by atoms with Crippen molar-refractivity contribution in [2.24, 2.45) is 0 Å². The summed E-state index contributed by atoms with van der Waals surface area (Å²) in [5.41, 5.74) is -7.58. The number of hydrogen-bond acceptors (Lipinski definition) is 9. The van der Waals surface area contributed by atoms with Crippen molar-refractivity contribution in [3.05, 3.63) is 364 Å². The molecule has 0 amide bonds. The van der Waals surface area contributed by atoms with E-state index in [2.05, 4.69) is 397 Å². The summed E-state index contributed by atoms with van der Waals surface area (Å²) >= 11 is 21.7. The third kappa shape index (κ3) is 21.7. The van der Waals surface area contributed by atoms with Crippen molar-refractivity contribution in [1.29, 1.82) is 0 Å². The Morgan fingerprint density at radius 2 is 0.319 bits per heavy atom. The molecule has 0 N–H and O–H groups in total. The zero-order valence-electron chi connectivity index (χ0n) is 63.8. The first-order chi connectivity index (χ1) is 55.9. The van der Waals surface area contributed by atoms with E-state index >= 15 is 0 Å². The molecule has 0 unspecified atom stereocenters. The molecular formula is C90H84CoKN9O3P6Se6. The SMILES string of the molecule is C1CCOC1.C1CCOC1.C1CCOC1.[Co+2].[K+].[Se]=P(c1ccccc1)(c1ccccc1)c1nn[n-]c1P(=[Se])(c1ccccc1)c1ccccc1.[Se]=P(c1ccccc1)(c1ccccc1)c1nn[n-]c1P(=[Se])(c1ccccc1)c1ccccc1.[Se]=P(c1ccccc1)(c1ccccc1)c1nn[n-]c1P(=[Se])(c1ccccc1)c1ccccc1. The third-order valence-electron chi connectivity index (χ3n) is 19.1. The van der Waals surface area contributed by atoms with Crippen LogP contribution in [0.5, 0.6) is 0 Å². The van der Waals surface area contributed by atoms with Gasteiger partial charge in [-0.1, -0.05) is 0 Å². The van der Waals surface area contributed by atoms with Gasteiger partial charge < -0.3 is 14.2 Å². The molecule has 6 heterocycles. The summed E-state index contributed by atoms with van der Waals surface area (Å²) in [5.74, 6) is 0. The summed E-state index contributed by atoms with van der Waals surface area (Å²) in [6, 6.07) is 127. The van der Waals surface area contributed by atoms with Crippen molar-refractivity contribution in [1.82, 2.24) is 46.2 Å². The van der Waals surface area contributed by atoms with Crippen molar-refractivity contribution in [3.63, 3.8) is 0 Å². The molecule has 3 saturated heterocycles. The van der Waals surface area contributed by atoms with Gasteiger partial charge in [-0.25, -0.2) is 0 Å². The Bertz CT molecular complexity index is 4590. The van der Waals surface area contributed by atoms with Crippen molar-refractivity contribution < 1.29 is 82.4 Å². The number of hydrogen-bond donors (Lipinski definition) is 0. The van der Waals surface area contributed by atoms with E-state index in [0.717, 1.165) is 72.3 Å². The van der Waals surface area contributed by atoms with E-state index in [1.807, 2.05) is 72.8 Å². The molecule has 3 aliphatic heterocycles. The van der Waals surface area contributed by atoms with Gasteiger partial charge in [0.2, 0.25) is 0 Å². The molecule has 0 bridgehead atoms. The van der Waals surface area contributed by atoms with Crippen LogP contribution in [0.2, 0.25) is 0 Å². The standard InChI is InChI=1S/3C26H20N3P2Se2.3C4H8O.Co.K/c3*32-30(21-13-5-1-6-14-21,22-15-7-2-8-16-22)25-26(28-29-27-25)31(33,23-17-9-3-10-18-23)24-19-11-4-12-20-24;3*1-2-4-5-3-1;;/h3*1-20H;3*1-4H2;;/q3*-1;;;;+2;+1. The van der Waals surface area contributed by atoms with Gasteiger partial charge in [-0.3, -0.25) is 0 Å². The Labute approximate surface area is 780 Å². The van der Waals surface area contributed by atoms with Crippen molar-refractivity contribution in [2.45, 2.75) is 38.5 Å². The molecule has 3 aromatic heterocycles. The topological polar surface area (TPSA) is 147 Å². The Morgan fingerprint density at radius 1 is 0.198 bits per heavy atom. The van der Waals surface area contributed by atoms with E-state index in [9.17, 15) is 0 Å². The van der Waals surface area contributed by atoms with Crippen LogP contribution in [0.1, 0.15) is 38.5 Å². The first kappa shape index (κ1) is 92.5. The van der Waals surface area contributed by atoms with E-state index in [1.54, 1.807) is 0 Å². The molecule has 0 atom stereocenters. The van der Waals surface area contributed by atoms with Crippen LogP contribution in [0.25, 0.3) is 0 Å². The van der Waals surface area contributed by atoms with Crippen molar-refractivity contribution in [2.75, 3.05) is 39.6 Å². The zero-order valence-corrected chi connectivity index (χ0v) is 83.7. The van der Waals surface area contributed by atoms with Gasteiger partial charge in [-0.15, -0.1) is 0 Å². The summed E-state index contributed by atoms with van der Waals surface area (Å²) in [6.07, 6.45) is 7.67. The predicted molar refractivity (Wildman–Crippen MR) is 493 cm³/mol. The molecule has 15 aromatic rings. The molecule has 12 aromatic carbocycles. The molecule has 18 rings (SSSR count). The van der Waals surface area contributed by atoms with Crippen LogP contribution in [0, 0.1) is 0 Å². The van der Waals surface area contributed by atoms with Gasteiger partial charge in [-0.2, -0.15) is 0 Å². The maximum atomic E-state index is 4.94. The Morgan fingerprint density at radius 3 is 0.431 bits per heavy atom. The molecule has 12 nitrogen and oxygen atoms in total. The van der Waals surface area contributed by atoms with Crippen LogP contribution in [0.3, 0.4) is 0 Å².